The molecule has 0 bridgehead atoms. The van der Waals surface area contributed by atoms with Gasteiger partial charge in [-0.3, -0.25) is 0 Å². The zero-order chi connectivity index (χ0) is 9.26. The Balaban J connectivity index is 1.78. The molecule has 1 aliphatic rings. The molecule has 1 aromatic rings. The van der Waals surface area contributed by atoms with E-state index in [-0.39, 0.29) is 0 Å². The highest BCUT2D eigenvalue weighted by atomic mass is 15.6. The van der Waals surface area contributed by atoms with E-state index < -0.39 is 0 Å². The number of aromatic nitrogens is 4. The fourth-order valence-corrected chi connectivity index (χ4v) is 1.41. The molecular formula is C8H15N5. The van der Waals surface area contributed by atoms with E-state index in [2.05, 4.69) is 27.7 Å². The van der Waals surface area contributed by atoms with Gasteiger partial charge in [-0.2, -0.15) is 4.80 Å². The molecule has 1 N–H and O–H groups in total. The number of tetrazole rings is 1. The first-order valence-electron chi connectivity index (χ1n) is 4.72. The van der Waals surface area contributed by atoms with Gasteiger partial charge in [-0.25, -0.2) is 0 Å². The minimum atomic E-state index is 0.587. The second-order valence-electron chi connectivity index (χ2n) is 3.70. The molecule has 13 heavy (non-hydrogen) atoms. The highest BCUT2D eigenvalue weighted by molar-refractivity contribution is 4.85. The zero-order valence-electron chi connectivity index (χ0n) is 8.06. The summed E-state index contributed by atoms with van der Waals surface area (Å²) in [5, 5.41) is 15.2. The molecular weight excluding hydrogens is 166 g/mol. The van der Waals surface area contributed by atoms with Crippen LogP contribution in [0.2, 0.25) is 0 Å². The van der Waals surface area contributed by atoms with Crippen molar-refractivity contribution < 1.29 is 0 Å². The normalized spacial score (nSPS) is 18.9. The molecule has 0 spiro atoms. The Morgan fingerprint density at radius 1 is 1.62 bits per heavy atom. The lowest BCUT2D eigenvalue weighted by Crippen LogP contribution is -2.27. The van der Waals surface area contributed by atoms with Gasteiger partial charge in [0.15, 0.2) is 5.82 Å². The summed E-state index contributed by atoms with van der Waals surface area (Å²) in [4.78, 5) is 1.48. The first-order valence-corrected chi connectivity index (χ1v) is 4.72. The quantitative estimate of drug-likeness (QED) is 0.715. The lowest BCUT2D eigenvalue weighted by molar-refractivity contribution is 0.486. The van der Waals surface area contributed by atoms with Crippen LogP contribution >= 0.6 is 0 Å². The third-order valence-electron chi connectivity index (χ3n) is 2.46. The Labute approximate surface area is 77.5 Å². The molecule has 0 saturated heterocycles. The molecule has 1 unspecified atom stereocenters. The average molecular weight is 181 g/mol. The van der Waals surface area contributed by atoms with Crippen LogP contribution < -0.4 is 5.32 Å². The van der Waals surface area contributed by atoms with Crippen LogP contribution in [0.1, 0.15) is 25.6 Å². The molecule has 2 rings (SSSR count). The maximum atomic E-state index is 4.09. The largest absolute Gasteiger partial charge is 0.307 e. The molecule has 0 amide bonds. The van der Waals surface area contributed by atoms with Gasteiger partial charge in [0.2, 0.25) is 0 Å². The zero-order valence-corrected chi connectivity index (χ0v) is 8.06. The molecule has 1 aliphatic carbocycles. The highest BCUT2D eigenvalue weighted by Crippen LogP contribution is 2.32. The fraction of sp³-hybridized carbons (Fsp3) is 0.875. The molecule has 72 valence electrons. The van der Waals surface area contributed by atoms with Gasteiger partial charge in [0.05, 0.1) is 13.6 Å². The molecule has 1 saturated carbocycles. The van der Waals surface area contributed by atoms with E-state index in [9.17, 15) is 0 Å². The van der Waals surface area contributed by atoms with Gasteiger partial charge in [-0.05, 0) is 30.9 Å². The van der Waals surface area contributed by atoms with Crippen molar-refractivity contribution in [3.05, 3.63) is 5.82 Å². The molecule has 1 aromatic heterocycles. The molecule has 0 radical (unpaired) electrons. The van der Waals surface area contributed by atoms with Crippen molar-refractivity contribution in [1.82, 2.24) is 25.5 Å². The number of hydrogen-bond donors (Lipinski definition) is 1. The van der Waals surface area contributed by atoms with E-state index in [1.165, 1.54) is 17.6 Å². The molecule has 1 atom stereocenters. The first-order chi connectivity index (χ1) is 6.25. The average Bonchev–Trinajstić information content (AvgIpc) is 2.87. The number of nitrogens with zero attached hydrogens (tertiary/aromatic N) is 4. The van der Waals surface area contributed by atoms with Crippen LogP contribution in [0, 0.1) is 5.92 Å². The van der Waals surface area contributed by atoms with Crippen molar-refractivity contribution in [3.8, 4) is 0 Å². The Bertz CT molecular complexity index is 278. The summed E-state index contributed by atoms with van der Waals surface area (Å²) in [5.41, 5.74) is 0. The number of hydrogen-bond acceptors (Lipinski definition) is 4. The maximum Gasteiger partial charge on any atom is 0.188 e. The predicted molar refractivity (Wildman–Crippen MR) is 47.8 cm³/mol. The fourth-order valence-electron chi connectivity index (χ4n) is 1.41. The van der Waals surface area contributed by atoms with E-state index in [1.807, 2.05) is 0 Å². The topological polar surface area (TPSA) is 55.6 Å². The number of rotatable bonds is 4. The minimum Gasteiger partial charge on any atom is -0.307 e. The summed E-state index contributed by atoms with van der Waals surface area (Å²) in [6, 6.07) is 0.587. The van der Waals surface area contributed by atoms with Gasteiger partial charge >= 0.3 is 0 Å². The van der Waals surface area contributed by atoms with Crippen LogP contribution in [-0.2, 0) is 13.6 Å². The van der Waals surface area contributed by atoms with E-state index in [1.54, 1.807) is 7.05 Å². The molecule has 5 nitrogen and oxygen atoms in total. The van der Waals surface area contributed by atoms with Gasteiger partial charge in [-0.15, -0.1) is 10.2 Å². The highest BCUT2D eigenvalue weighted by Gasteiger charge is 2.27. The summed E-state index contributed by atoms with van der Waals surface area (Å²) >= 11 is 0. The molecule has 1 fully saturated rings. The smallest absolute Gasteiger partial charge is 0.188 e. The third-order valence-corrected chi connectivity index (χ3v) is 2.46. The van der Waals surface area contributed by atoms with Crippen molar-refractivity contribution in [2.24, 2.45) is 13.0 Å². The summed E-state index contributed by atoms with van der Waals surface area (Å²) in [7, 11) is 1.78. The van der Waals surface area contributed by atoms with Crippen molar-refractivity contribution in [1.29, 1.82) is 0 Å². The monoisotopic (exact) mass is 181 g/mol. The maximum absolute atomic E-state index is 4.09. The SMILES string of the molecule is CC(NCc1nnn(C)n1)C1CC1. The summed E-state index contributed by atoms with van der Waals surface area (Å²) < 4.78 is 0. The van der Waals surface area contributed by atoms with Crippen LogP contribution in [0.3, 0.4) is 0 Å². The molecule has 5 heteroatoms. The Kier molecular flexibility index (Phi) is 2.26. The van der Waals surface area contributed by atoms with Crippen LogP contribution in [0.4, 0.5) is 0 Å². The van der Waals surface area contributed by atoms with Crippen molar-refractivity contribution in [2.75, 3.05) is 0 Å². The van der Waals surface area contributed by atoms with Crippen LogP contribution in [0.15, 0.2) is 0 Å². The lowest BCUT2D eigenvalue weighted by atomic mass is 10.2. The van der Waals surface area contributed by atoms with Crippen molar-refractivity contribution in [3.63, 3.8) is 0 Å². The Morgan fingerprint density at radius 3 is 2.92 bits per heavy atom. The van der Waals surface area contributed by atoms with E-state index >= 15 is 0 Å². The second kappa shape index (κ2) is 3.41. The number of aryl methyl sites for hydroxylation is 1. The Hall–Kier alpha value is -0.970. The molecule has 0 aromatic carbocycles. The summed E-state index contributed by atoms with van der Waals surface area (Å²) in [6.07, 6.45) is 2.73. The standard InChI is InChI=1S/C8H15N5/c1-6(7-3-4-7)9-5-8-10-12-13(2)11-8/h6-7,9H,3-5H2,1-2H3. The second-order valence-corrected chi connectivity index (χ2v) is 3.70. The van der Waals surface area contributed by atoms with Gasteiger partial charge in [-0.1, -0.05) is 0 Å². The van der Waals surface area contributed by atoms with Crippen LogP contribution in [-0.4, -0.2) is 26.2 Å². The Morgan fingerprint density at radius 2 is 2.38 bits per heavy atom. The minimum absolute atomic E-state index is 0.587. The van der Waals surface area contributed by atoms with Gasteiger partial charge in [0, 0.05) is 6.04 Å². The molecule has 0 aliphatic heterocycles. The summed E-state index contributed by atoms with van der Waals surface area (Å²) in [6.45, 7) is 2.94. The van der Waals surface area contributed by atoms with E-state index in [0.29, 0.717) is 6.04 Å². The van der Waals surface area contributed by atoms with Gasteiger partial charge < -0.3 is 5.32 Å². The van der Waals surface area contributed by atoms with Crippen LogP contribution in [0.5, 0.6) is 0 Å². The van der Waals surface area contributed by atoms with Gasteiger partial charge in [0.1, 0.15) is 0 Å². The van der Waals surface area contributed by atoms with E-state index in [0.717, 1.165) is 18.3 Å². The van der Waals surface area contributed by atoms with Crippen molar-refractivity contribution >= 4 is 0 Å². The third kappa shape index (κ3) is 2.24. The number of nitrogens with one attached hydrogen (secondary N) is 1. The lowest BCUT2D eigenvalue weighted by Gasteiger charge is -2.09. The van der Waals surface area contributed by atoms with Crippen LogP contribution in [0.25, 0.3) is 0 Å². The van der Waals surface area contributed by atoms with Crippen molar-refractivity contribution in [2.45, 2.75) is 32.4 Å². The van der Waals surface area contributed by atoms with E-state index in [4.69, 9.17) is 0 Å². The molecule has 1 heterocycles. The predicted octanol–water partition coefficient (Wildman–Crippen LogP) is 0.0982. The van der Waals surface area contributed by atoms with Gasteiger partial charge in [0.25, 0.3) is 0 Å². The first kappa shape index (κ1) is 8.62. The summed E-state index contributed by atoms with van der Waals surface area (Å²) in [5.74, 6) is 1.65.